The summed E-state index contributed by atoms with van der Waals surface area (Å²) in [5.41, 5.74) is -2.56. The van der Waals surface area contributed by atoms with Crippen LogP contribution in [0.3, 0.4) is 0 Å². The van der Waals surface area contributed by atoms with Gasteiger partial charge in [-0.1, -0.05) is 18.2 Å². The molecule has 1 aromatic rings. The van der Waals surface area contributed by atoms with Gasteiger partial charge in [0, 0.05) is 12.6 Å². The molecule has 0 bridgehead atoms. The van der Waals surface area contributed by atoms with Crippen LogP contribution in [0, 0.1) is 0 Å². The zero-order valence-corrected chi connectivity index (χ0v) is 24.4. The minimum atomic E-state index is -4.44. The Morgan fingerprint density at radius 3 is 2.51 bits per heavy atom. The molecule has 0 unspecified atom stereocenters. The van der Waals surface area contributed by atoms with E-state index in [2.05, 4.69) is 5.09 Å². The van der Waals surface area contributed by atoms with E-state index < -0.39 is 86.9 Å². The molecule has 1 amide bonds. The number of nitrogens with one attached hydrogen (secondary N) is 1. The second kappa shape index (κ2) is 13.8. The summed E-state index contributed by atoms with van der Waals surface area (Å²) in [7, 11) is -4.44. The Morgan fingerprint density at radius 2 is 1.79 bits per heavy atom. The number of ether oxygens (including phenoxy) is 4. The molecule has 3 aliphatic rings. The molecular weight excluding hydrogens is 594 g/mol. The zero-order valence-electron chi connectivity index (χ0n) is 23.5. The number of carbonyl (C=O) groups is 5. The molecule has 16 heteroatoms. The average molecular weight is 627 g/mol. The summed E-state index contributed by atoms with van der Waals surface area (Å²) >= 11 is 0. The van der Waals surface area contributed by atoms with Crippen LogP contribution in [0.15, 0.2) is 42.6 Å². The number of benzene rings is 1. The molecule has 0 aromatic heterocycles. The van der Waals surface area contributed by atoms with Crippen molar-refractivity contribution in [2.24, 2.45) is 0 Å². The second-order valence-electron chi connectivity index (χ2n) is 10.1. The van der Waals surface area contributed by atoms with Gasteiger partial charge in [-0.05, 0) is 38.5 Å². The third-order valence-corrected chi connectivity index (χ3v) is 8.29. The molecule has 0 saturated carbocycles. The normalized spacial score (nSPS) is 33.5. The number of hydrogen-bond donors (Lipinski definition) is 1. The molecular formula is C27H32FN2O12P. The molecule has 234 valence electrons. The van der Waals surface area contributed by atoms with E-state index in [0.717, 1.165) is 24.1 Å². The maximum absolute atomic E-state index is 16.4. The number of hydrogen-bond acceptors (Lipinski definition) is 12. The number of carbonyl (C=O) groups excluding carboxylic acids is 5. The molecule has 0 aliphatic carbocycles. The zero-order chi connectivity index (χ0) is 31.2. The number of esters is 3. The van der Waals surface area contributed by atoms with Gasteiger partial charge in [0.2, 0.25) is 5.91 Å². The lowest BCUT2D eigenvalue weighted by molar-refractivity contribution is -0.161. The number of allylic oxidation sites excluding steroid dienone is 1. The topological polar surface area (TPSA) is 173 Å². The van der Waals surface area contributed by atoms with Crippen LogP contribution < -0.4 is 9.61 Å². The highest BCUT2D eigenvalue weighted by molar-refractivity contribution is 7.52. The third-order valence-electron chi connectivity index (χ3n) is 6.65. The smallest absolute Gasteiger partial charge is 0.459 e. The van der Waals surface area contributed by atoms with Gasteiger partial charge in [-0.15, -0.1) is 0 Å². The number of ketones is 1. The predicted molar refractivity (Wildman–Crippen MR) is 143 cm³/mol. The van der Waals surface area contributed by atoms with Crippen LogP contribution in [0.1, 0.15) is 39.5 Å². The van der Waals surface area contributed by atoms with Crippen molar-refractivity contribution in [3.05, 3.63) is 42.6 Å². The van der Waals surface area contributed by atoms with Crippen molar-refractivity contribution in [2.75, 3.05) is 19.8 Å². The molecule has 43 heavy (non-hydrogen) atoms. The summed E-state index contributed by atoms with van der Waals surface area (Å²) in [6.07, 6.45) is -3.65. The number of para-hydroxylation sites is 1. The molecule has 2 fully saturated rings. The Labute approximate surface area is 246 Å². The first-order valence-corrected chi connectivity index (χ1v) is 15.1. The summed E-state index contributed by atoms with van der Waals surface area (Å²) in [4.78, 5) is 62.4. The lowest BCUT2D eigenvalue weighted by Gasteiger charge is -2.33. The Morgan fingerprint density at radius 1 is 1.05 bits per heavy atom. The molecule has 3 aliphatic heterocycles. The average Bonchev–Trinajstić information content (AvgIpc) is 3.18. The van der Waals surface area contributed by atoms with E-state index in [9.17, 15) is 28.5 Å². The monoisotopic (exact) mass is 626 g/mol. The van der Waals surface area contributed by atoms with Gasteiger partial charge in [-0.3, -0.25) is 33.4 Å². The summed E-state index contributed by atoms with van der Waals surface area (Å²) in [6, 6.07) is 6.64. The van der Waals surface area contributed by atoms with E-state index >= 15 is 4.39 Å². The first kappa shape index (κ1) is 32.3. The number of amides is 1. The van der Waals surface area contributed by atoms with E-state index in [1.54, 1.807) is 18.2 Å². The maximum atomic E-state index is 16.4. The van der Waals surface area contributed by atoms with Gasteiger partial charge in [0.05, 0.1) is 26.1 Å². The third kappa shape index (κ3) is 8.25. The number of nitrogens with zero attached hydrogens (tertiary/aromatic N) is 1. The molecule has 1 aromatic carbocycles. The minimum Gasteiger partial charge on any atom is -0.465 e. The number of alkyl halides is 1. The fourth-order valence-electron chi connectivity index (χ4n) is 4.49. The lowest BCUT2D eigenvalue weighted by Crippen LogP contribution is -2.52. The molecule has 4 rings (SSSR count). The van der Waals surface area contributed by atoms with Crippen molar-refractivity contribution >= 4 is 37.3 Å². The van der Waals surface area contributed by atoms with Crippen molar-refractivity contribution < 1.29 is 60.9 Å². The molecule has 14 nitrogen and oxygen atoms in total. The highest BCUT2D eigenvalue weighted by Crippen LogP contribution is 2.47. The summed E-state index contributed by atoms with van der Waals surface area (Å²) in [6.45, 7) is 1.17. The molecule has 0 spiro atoms. The van der Waals surface area contributed by atoms with Crippen LogP contribution in [-0.2, 0) is 52.0 Å². The van der Waals surface area contributed by atoms with E-state index in [-0.39, 0.29) is 31.8 Å². The summed E-state index contributed by atoms with van der Waals surface area (Å²) < 4.78 is 62.9. The molecule has 2 saturated heterocycles. The lowest BCUT2D eigenvalue weighted by atomic mass is 9.97. The van der Waals surface area contributed by atoms with Crippen molar-refractivity contribution in [3.63, 3.8) is 0 Å². The van der Waals surface area contributed by atoms with Gasteiger partial charge in [0.1, 0.15) is 24.5 Å². The fraction of sp³-hybridized carbons (Fsp3) is 0.519. The van der Waals surface area contributed by atoms with Crippen molar-refractivity contribution in [1.29, 1.82) is 0 Å². The van der Waals surface area contributed by atoms with Crippen LogP contribution >= 0.6 is 7.75 Å². The first-order valence-electron chi connectivity index (χ1n) is 13.5. The number of cyclic esters (lactones) is 2. The van der Waals surface area contributed by atoms with Crippen LogP contribution in [0.25, 0.3) is 0 Å². The quantitative estimate of drug-likeness (QED) is 0.224. The Bertz CT molecular complexity index is 1310. The van der Waals surface area contributed by atoms with Crippen LogP contribution in [0.4, 0.5) is 4.39 Å². The van der Waals surface area contributed by atoms with E-state index in [1.807, 2.05) is 0 Å². The van der Waals surface area contributed by atoms with Crippen LogP contribution in [0.5, 0.6) is 5.75 Å². The molecule has 0 radical (unpaired) electrons. The standard InChI is InChI=1S/C27H32FN2O12P/c1-17-25(35)38-13-6-9-22(33)37-14-11-23(34)41-24-20(16-39-43(36,29-17)42-19-7-4-3-5-8-19)40-26(27(24,2)28)30-12-10-18(31)15-21(30)32/h3-5,7-8,10,12,17,20,24,26H,6,9,11,13-16H2,1-2H3,(H,29,36)/t17-,20+,24+,26+,27+,43+/m0/s1. The van der Waals surface area contributed by atoms with E-state index in [4.69, 9.17) is 28.0 Å². The SMILES string of the molecule is C[C@@H]1N[P@](=O)(Oc2ccccc2)OC[C@H]2O[C@@H](N3C=CC(=O)CC3=O)[C@](C)(F)[C@@H]2OC(=O)CCOC(=O)CCCOC1=O. The van der Waals surface area contributed by atoms with Crippen molar-refractivity contribution in [3.8, 4) is 5.75 Å². The van der Waals surface area contributed by atoms with Crippen LogP contribution in [0.2, 0.25) is 0 Å². The fourth-order valence-corrected chi connectivity index (χ4v) is 5.99. The van der Waals surface area contributed by atoms with Gasteiger partial charge in [0.15, 0.2) is 23.8 Å². The van der Waals surface area contributed by atoms with Crippen molar-refractivity contribution in [2.45, 2.75) is 69.7 Å². The first-order chi connectivity index (χ1) is 20.4. The van der Waals surface area contributed by atoms with E-state index in [1.165, 1.54) is 19.1 Å². The maximum Gasteiger partial charge on any atom is 0.459 e. The highest BCUT2D eigenvalue weighted by atomic mass is 31.2. The predicted octanol–water partition coefficient (Wildman–Crippen LogP) is 2.12. The highest BCUT2D eigenvalue weighted by Gasteiger charge is 2.60. The van der Waals surface area contributed by atoms with Gasteiger partial charge in [-0.2, -0.15) is 5.09 Å². The van der Waals surface area contributed by atoms with Gasteiger partial charge < -0.3 is 23.5 Å². The number of halogens is 1. The van der Waals surface area contributed by atoms with Gasteiger partial charge >= 0.3 is 25.7 Å². The molecule has 6 atom stereocenters. The summed E-state index contributed by atoms with van der Waals surface area (Å²) in [5.74, 6) is -3.56. The minimum absolute atomic E-state index is 0.108. The van der Waals surface area contributed by atoms with Crippen molar-refractivity contribution in [1.82, 2.24) is 9.99 Å². The molecule has 1 N–H and O–H groups in total. The number of rotatable bonds is 3. The summed E-state index contributed by atoms with van der Waals surface area (Å²) in [5, 5.41) is 2.48. The Kier molecular flexibility index (Phi) is 10.3. The second-order valence-corrected chi connectivity index (χ2v) is 11.8. The van der Waals surface area contributed by atoms with Crippen LogP contribution in [-0.4, -0.2) is 84.5 Å². The Balaban J connectivity index is 1.63. The molecule has 3 heterocycles. The number of fused-ring (bicyclic) bond motifs is 1. The largest absolute Gasteiger partial charge is 0.465 e. The Hall–Kier alpha value is -3.65. The van der Waals surface area contributed by atoms with Gasteiger partial charge in [-0.25, -0.2) is 8.96 Å². The van der Waals surface area contributed by atoms with Gasteiger partial charge in [0.25, 0.3) is 0 Å². The van der Waals surface area contributed by atoms with E-state index in [0.29, 0.717) is 0 Å².